The summed E-state index contributed by atoms with van der Waals surface area (Å²) < 4.78 is 24.2. The minimum absolute atomic E-state index is 0.136. The second-order valence-corrected chi connectivity index (χ2v) is 6.37. The van der Waals surface area contributed by atoms with E-state index in [2.05, 4.69) is 0 Å². The predicted molar refractivity (Wildman–Crippen MR) is 95.7 cm³/mol. The number of aromatic carboxylic acids is 1. The van der Waals surface area contributed by atoms with Gasteiger partial charge in [0.2, 0.25) is 5.76 Å². The minimum atomic E-state index is -1.13. The molecular weight excluding hydrogens is 382 g/mol. The summed E-state index contributed by atoms with van der Waals surface area (Å²) in [6, 6.07) is 12.2. The highest BCUT2D eigenvalue weighted by Crippen LogP contribution is 2.28. The van der Waals surface area contributed by atoms with Crippen LogP contribution in [0.2, 0.25) is 10.0 Å². The average molecular weight is 395 g/mol. The molecule has 0 fully saturated rings. The Labute approximate surface area is 158 Å². The minimum Gasteiger partial charge on any atom is -0.489 e. The molecule has 0 radical (unpaired) electrons. The van der Waals surface area contributed by atoms with E-state index in [0.717, 1.165) is 5.56 Å². The Morgan fingerprint density at radius 3 is 2.58 bits per heavy atom. The van der Waals surface area contributed by atoms with Crippen LogP contribution in [0.25, 0.3) is 0 Å². The first-order valence-corrected chi connectivity index (χ1v) is 8.35. The molecule has 0 aliphatic carbocycles. The molecule has 4 nitrogen and oxygen atoms in total. The van der Waals surface area contributed by atoms with Gasteiger partial charge in [-0.1, -0.05) is 29.3 Å². The molecule has 3 aromatic rings. The Morgan fingerprint density at radius 1 is 1.08 bits per heavy atom. The van der Waals surface area contributed by atoms with Gasteiger partial charge in [-0.3, -0.25) is 0 Å². The first-order chi connectivity index (χ1) is 12.4. The number of ether oxygens (including phenoxy) is 1. The molecule has 0 atom stereocenters. The van der Waals surface area contributed by atoms with E-state index in [1.54, 1.807) is 30.3 Å². The molecule has 0 saturated heterocycles. The van der Waals surface area contributed by atoms with Gasteiger partial charge in [0.25, 0.3) is 0 Å². The lowest BCUT2D eigenvalue weighted by molar-refractivity contribution is 0.0660. The molecule has 0 spiro atoms. The lowest BCUT2D eigenvalue weighted by atomic mass is 10.1. The molecule has 134 valence electrons. The number of hydrogen-bond acceptors (Lipinski definition) is 3. The third-order valence-electron chi connectivity index (χ3n) is 3.66. The SMILES string of the molecule is O=C(O)c1ccc(Cc2cc(Cl)ccc2OCc2ccc(F)cc2Cl)o1. The van der Waals surface area contributed by atoms with Crippen LogP contribution in [-0.4, -0.2) is 11.1 Å². The highest BCUT2D eigenvalue weighted by Gasteiger charge is 2.13. The van der Waals surface area contributed by atoms with Crippen LogP contribution in [-0.2, 0) is 13.0 Å². The highest BCUT2D eigenvalue weighted by atomic mass is 35.5. The van der Waals surface area contributed by atoms with Crippen LogP contribution < -0.4 is 4.74 Å². The van der Waals surface area contributed by atoms with Crippen molar-refractivity contribution in [3.05, 3.63) is 87.0 Å². The summed E-state index contributed by atoms with van der Waals surface area (Å²) in [5, 5.41) is 9.73. The van der Waals surface area contributed by atoms with Gasteiger partial charge in [0, 0.05) is 22.6 Å². The second kappa shape index (κ2) is 7.81. The maximum atomic E-state index is 13.1. The van der Waals surface area contributed by atoms with E-state index in [4.69, 9.17) is 37.5 Å². The number of hydrogen-bond donors (Lipinski definition) is 1. The van der Waals surface area contributed by atoms with Crippen LogP contribution in [0.4, 0.5) is 4.39 Å². The molecule has 7 heteroatoms. The largest absolute Gasteiger partial charge is 0.489 e. The van der Waals surface area contributed by atoms with E-state index < -0.39 is 11.8 Å². The van der Waals surface area contributed by atoms with E-state index in [9.17, 15) is 9.18 Å². The standard InChI is InChI=1S/C19H13Cl2FO4/c20-13-2-5-17(25-10-11-1-3-14(22)9-16(11)21)12(7-13)8-15-4-6-18(26-15)19(23)24/h1-7,9H,8,10H2,(H,23,24). The summed E-state index contributed by atoms with van der Waals surface area (Å²) in [5.41, 5.74) is 1.36. The number of carbonyl (C=O) groups is 1. The highest BCUT2D eigenvalue weighted by molar-refractivity contribution is 6.31. The van der Waals surface area contributed by atoms with Crippen molar-refractivity contribution in [3.63, 3.8) is 0 Å². The molecule has 1 heterocycles. The van der Waals surface area contributed by atoms with Gasteiger partial charge < -0.3 is 14.3 Å². The summed E-state index contributed by atoms with van der Waals surface area (Å²) in [6.07, 6.45) is 0.306. The first-order valence-electron chi connectivity index (χ1n) is 7.59. The third kappa shape index (κ3) is 4.36. The average Bonchev–Trinajstić information content (AvgIpc) is 3.04. The normalized spacial score (nSPS) is 10.7. The number of carboxylic acids is 1. The Bertz CT molecular complexity index is 952. The lowest BCUT2D eigenvalue weighted by Gasteiger charge is -2.12. The maximum Gasteiger partial charge on any atom is 0.371 e. The van der Waals surface area contributed by atoms with Crippen molar-refractivity contribution in [2.24, 2.45) is 0 Å². The zero-order chi connectivity index (χ0) is 18.7. The fraction of sp³-hybridized carbons (Fsp3) is 0.105. The van der Waals surface area contributed by atoms with Gasteiger partial charge in [-0.2, -0.15) is 0 Å². The summed E-state index contributed by atoms with van der Waals surface area (Å²) in [4.78, 5) is 10.9. The van der Waals surface area contributed by atoms with E-state index in [-0.39, 0.29) is 17.4 Å². The van der Waals surface area contributed by atoms with E-state index >= 15 is 0 Å². The Morgan fingerprint density at radius 2 is 1.88 bits per heavy atom. The van der Waals surface area contributed by atoms with Gasteiger partial charge >= 0.3 is 5.97 Å². The fourth-order valence-corrected chi connectivity index (χ4v) is 2.81. The third-order valence-corrected chi connectivity index (χ3v) is 4.24. The van der Waals surface area contributed by atoms with Crippen molar-refractivity contribution in [3.8, 4) is 5.75 Å². The number of rotatable bonds is 6. The zero-order valence-corrected chi connectivity index (χ0v) is 14.9. The lowest BCUT2D eigenvalue weighted by Crippen LogP contribution is -2.00. The van der Waals surface area contributed by atoms with Crippen LogP contribution in [0.5, 0.6) is 5.75 Å². The smallest absolute Gasteiger partial charge is 0.371 e. The second-order valence-electron chi connectivity index (χ2n) is 5.52. The molecule has 0 saturated carbocycles. The van der Waals surface area contributed by atoms with Crippen molar-refractivity contribution in [1.29, 1.82) is 0 Å². The van der Waals surface area contributed by atoms with Crippen molar-refractivity contribution in [1.82, 2.24) is 0 Å². The van der Waals surface area contributed by atoms with Crippen molar-refractivity contribution < 1.29 is 23.4 Å². The van der Waals surface area contributed by atoms with Gasteiger partial charge in [0.15, 0.2) is 0 Å². The molecule has 0 bridgehead atoms. The Kier molecular flexibility index (Phi) is 5.49. The molecular formula is C19H13Cl2FO4. The topological polar surface area (TPSA) is 59.7 Å². The Balaban J connectivity index is 1.79. The molecule has 2 aromatic carbocycles. The summed E-state index contributed by atoms with van der Waals surface area (Å²) in [5.74, 6) is -0.678. The molecule has 0 amide bonds. The summed E-state index contributed by atoms with van der Waals surface area (Å²) in [7, 11) is 0. The van der Waals surface area contributed by atoms with E-state index in [1.807, 2.05) is 0 Å². The molecule has 26 heavy (non-hydrogen) atoms. The van der Waals surface area contributed by atoms with Gasteiger partial charge in [-0.15, -0.1) is 0 Å². The maximum absolute atomic E-state index is 13.1. The number of benzene rings is 2. The van der Waals surface area contributed by atoms with Crippen molar-refractivity contribution in [2.75, 3.05) is 0 Å². The molecule has 1 N–H and O–H groups in total. The van der Waals surface area contributed by atoms with Crippen LogP contribution in [0.15, 0.2) is 52.9 Å². The van der Waals surface area contributed by atoms with Crippen molar-refractivity contribution in [2.45, 2.75) is 13.0 Å². The summed E-state index contributed by atoms with van der Waals surface area (Å²) in [6.45, 7) is 0.145. The zero-order valence-electron chi connectivity index (χ0n) is 13.3. The monoisotopic (exact) mass is 394 g/mol. The van der Waals surface area contributed by atoms with Gasteiger partial charge in [-0.25, -0.2) is 9.18 Å². The Hall–Kier alpha value is -2.50. The number of halogens is 3. The van der Waals surface area contributed by atoms with Gasteiger partial charge in [0.05, 0.1) is 5.02 Å². The molecule has 1 aromatic heterocycles. The van der Waals surface area contributed by atoms with Crippen LogP contribution >= 0.6 is 23.2 Å². The van der Waals surface area contributed by atoms with Crippen LogP contribution in [0.1, 0.15) is 27.4 Å². The van der Waals surface area contributed by atoms with E-state index in [1.165, 1.54) is 18.2 Å². The fourth-order valence-electron chi connectivity index (χ4n) is 2.40. The van der Waals surface area contributed by atoms with Crippen molar-refractivity contribution >= 4 is 29.2 Å². The molecule has 0 unspecified atom stereocenters. The number of carboxylic acid groups (broad SMARTS) is 1. The predicted octanol–water partition coefficient (Wildman–Crippen LogP) is 5.59. The quantitative estimate of drug-likeness (QED) is 0.591. The van der Waals surface area contributed by atoms with Crippen LogP contribution in [0, 0.1) is 5.82 Å². The van der Waals surface area contributed by atoms with Crippen LogP contribution in [0.3, 0.4) is 0 Å². The summed E-state index contributed by atoms with van der Waals surface area (Å²) >= 11 is 12.1. The molecule has 3 rings (SSSR count). The van der Waals surface area contributed by atoms with Gasteiger partial charge in [0.1, 0.15) is 23.9 Å². The molecule has 0 aliphatic rings. The van der Waals surface area contributed by atoms with E-state index in [0.29, 0.717) is 28.5 Å². The first kappa shape index (κ1) is 18.3. The molecule has 0 aliphatic heterocycles. The van der Waals surface area contributed by atoms with Gasteiger partial charge in [-0.05, 0) is 42.5 Å². The number of furan rings is 1.